The molecule has 1 saturated carbocycles. The summed E-state index contributed by atoms with van der Waals surface area (Å²) in [6.07, 6.45) is -2.58. The molecule has 2 fully saturated rings. The predicted molar refractivity (Wildman–Crippen MR) is 108 cm³/mol. The molecule has 36 heavy (non-hydrogen) atoms. The van der Waals surface area contributed by atoms with E-state index in [1.165, 1.54) is 0 Å². The number of carbonyl (C=O) groups is 2. The molecule has 2 aromatic heterocycles. The Morgan fingerprint density at radius 1 is 1.06 bits per heavy atom. The minimum atomic E-state index is -5.08. The molecule has 1 aliphatic heterocycles. The van der Waals surface area contributed by atoms with Crippen molar-refractivity contribution in [2.45, 2.75) is 50.0 Å². The number of hydrogen-bond donors (Lipinski definition) is 2. The number of morpholine rings is 1. The molecule has 4 rings (SSSR count). The van der Waals surface area contributed by atoms with Gasteiger partial charge in [0.25, 0.3) is 0 Å². The van der Waals surface area contributed by atoms with Gasteiger partial charge in [0.1, 0.15) is 23.7 Å². The van der Waals surface area contributed by atoms with E-state index in [-0.39, 0.29) is 12.2 Å². The number of ether oxygens (including phenoxy) is 2. The number of fused-ring (bicyclic) bond motifs is 1. The van der Waals surface area contributed by atoms with Crippen molar-refractivity contribution in [2.24, 2.45) is 0 Å². The van der Waals surface area contributed by atoms with Crippen LogP contribution in [-0.4, -0.2) is 75.8 Å². The summed E-state index contributed by atoms with van der Waals surface area (Å²) in [7, 11) is 0. The average Bonchev–Trinajstić information content (AvgIpc) is 3.45. The molecular formula is C21H22F6N2O7. The molecule has 9 nitrogen and oxygen atoms in total. The Hall–Kier alpha value is -3.33. The monoisotopic (exact) mass is 528 g/mol. The largest absolute Gasteiger partial charge is 0.490 e. The molecule has 2 aromatic rings. The zero-order chi connectivity index (χ0) is 26.9. The van der Waals surface area contributed by atoms with Gasteiger partial charge in [0.05, 0.1) is 25.6 Å². The summed E-state index contributed by atoms with van der Waals surface area (Å²) < 4.78 is 81.1. The van der Waals surface area contributed by atoms with Gasteiger partial charge in [-0.3, -0.25) is 9.88 Å². The maximum absolute atomic E-state index is 10.6. The topological polar surface area (TPSA) is 122 Å². The molecule has 0 spiro atoms. The highest BCUT2D eigenvalue weighted by Gasteiger charge is 2.44. The second-order valence-electron chi connectivity index (χ2n) is 7.48. The molecule has 0 aromatic carbocycles. The van der Waals surface area contributed by atoms with Crippen molar-refractivity contribution in [3.63, 3.8) is 0 Å². The van der Waals surface area contributed by atoms with Crippen LogP contribution in [0.4, 0.5) is 26.3 Å². The van der Waals surface area contributed by atoms with E-state index in [4.69, 9.17) is 33.7 Å². The van der Waals surface area contributed by atoms with E-state index in [0.29, 0.717) is 6.04 Å². The number of aliphatic carboxylic acids is 2. The minimum absolute atomic E-state index is 0.105. The standard InChI is InChI=1S/C17H20N2O3.2C2HF3O2/c1-3-13(11-18-7-1)22-16-6-5-15-17(16)21-10-8-19(15)12-14-4-2-9-20-14;2*3-2(4,5)1(6)7/h1-4,7,9,11,15-17H,5-6,8,10,12H2;2*(H,6,7)/t15-,16+,17+;;/m0../s1. The van der Waals surface area contributed by atoms with E-state index in [1.54, 1.807) is 18.7 Å². The quantitative estimate of drug-likeness (QED) is 0.572. The van der Waals surface area contributed by atoms with E-state index >= 15 is 0 Å². The zero-order valence-electron chi connectivity index (χ0n) is 18.4. The van der Waals surface area contributed by atoms with Crippen LogP contribution in [0, 0.1) is 0 Å². The molecule has 1 aliphatic carbocycles. The number of carboxylic acid groups (broad SMARTS) is 2. The first kappa shape index (κ1) is 28.9. The molecule has 3 atom stereocenters. The third-order valence-electron chi connectivity index (χ3n) is 5.00. The minimum Gasteiger partial charge on any atom is -0.486 e. The van der Waals surface area contributed by atoms with Crippen LogP contribution in [0.3, 0.4) is 0 Å². The molecule has 2 aliphatic rings. The number of carboxylic acids is 2. The Morgan fingerprint density at radius 2 is 1.69 bits per heavy atom. The van der Waals surface area contributed by atoms with E-state index in [2.05, 4.69) is 9.88 Å². The Bertz CT molecular complexity index is 930. The van der Waals surface area contributed by atoms with Crippen LogP contribution >= 0.6 is 0 Å². The van der Waals surface area contributed by atoms with Gasteiger partial charge in [-0.25, -0.2) is 9.59 Å². The van der Waals surface area contributed by atoms with Crippen LogP contribution in [0.1, 0.15) is 18.6 Å². The lowest BCUT2D eigenvalue weighted by Crippen LogP contribution is -2.51. The fraction of sp³-hybridized carbons (Fsp3) is 0.476. The first-order valence-electron chi connectivity index (χ1n) is 10.3. The summed E-state index contributed by atoms with van der Waals surface area (Å²) >= 11 is 0. The van der Waals surface area contributed by atoms with Crippen molar-refractivity contribution in [1.29, 1.82) is 0 Å². The fourth-order valence-electron chi connectivity index (χ4n) is 3.51. The fourth-order valence-corrected chi connectivity index (χ4v) is 3.51. The number of nitrogens with zero attached hydrogens (tertiary/aromatic N) is 2. The van der Waals surface area contributed by atoms with Gasteiger partial charge in [0, 0.05) is 18.8 Å². The maximum atomic E-state index is 10.6. The van der Waals surface area contributed by atoms with E-state index in [0.717, 1.165) is 44.0 Å². The van der Waals surface area contributed by atoms with E-state index in [9.17, 15) is 26.3 Å². The highest BCUT2D eigenvalue weighted by molar-refractivity contribution is 5.73. The van der Waals surface area contributed by atoms with Gasteiger partial charge in [-0.15, -0.1) is 0 Å². The van der Waals surface area contributed by atoms with E-state index < -0.39 is 24.3 Å². The van der Waals surface area contributed by atoms with Gasteiger partial charge < -0.3 is 24.1 Å². The molecule has 2 N–H and O–H groups in total. The lowest BCUT2D eigenvalue weighted by Gasteiger charge is -2.38. The highest BCUT2D eigenvalue weighted by Crippen LogP contribution is 2.33. The van der Waals surface area contributed by atoms with E-state index in [1.807, 2.05) is 24.3 Å². The smallest absolute Gasteiger partial charge is 0.486 e. The summed E-state index contributed by atoms with van der Waals surface area (Å²) in [6.45, 7) is 2.54. The lowest BCUT2D eigenvalue weighted by atomic mass is 10.1. The van der Waals surface area contributed by atoms with Crippen LogP contribution in [0.5, 0.6) is 5.75 Å². The number of rotatable bonds is 4. The Labute approximate surface area is 200 Å². The van der Waals surface area contributed by atoms with Crippen molar-refractivity contribution in [3.05, 3.63) is 48.7 Å². The molecule has 0 amide bonds. The van der Waals surface area contributed by atoms with Crippen molar-refractivity contribution in [3.8, 4) is 5.75 Å². The van der Waals surface area contributed by atoms with Gasteiger partial charge in [-0.05, 0) is 37.1 Å². The number of aromatic nitrogens is 1. The summed E-state index contributed by atoms with van der Waals surface area (Å²) in [6, 6.07) is 8.22. The number of pyridine rings is 1. The normalized spacial score (nSPS) is 21.8. The molecule has 0 unspecified atom stereocenters. The molecule has 15 heteroatoms. The third-order valence-corrected chi connectivity index (χ3v) is 5.00. The SMILES string of the molecule is O=C(O)C(F)(F)F.O=C(O)C(F)(F)F.c1cncc(O[C@@H]2CC[C@H]3[C@H]2OCCN3Cc2ccco2)c1. The van der Waals surface area contributed by atoms with Gasteiger partial charge in [-0.1, -0.05) is 0 Å². The third kappa shape index (κ3) is 9.03. The van der Waals surface area contributed by atoms with Crippen molar-refractivity contribution >= 4 is 11.9 Å². The predicted octanol–water partition coefficient (Wildman–Crippen LogP) is 3.75. The van der Waals surface area contributed by atoms with Crippen LogP contribution in [0.15, 0.2) is 47.3 Å². The van der Waals surface area contributed by atoms with Gasteiger partial charge >= 0.3 is 24.3 Å². The number of alkyl halides is 6. The summed E-state index contributed by atoms with van der Waals surface area (Å²) in [4.78, 5) is 24.4. The first-order valence-corrected chi connectivity index (χ1v) is 10.3. The lowest BCUT2D eigenvalue weighted by molar-refractivity contribution is -0.193. The molecule has 3 heterocycles. The molecule has 0 radical (unpaired) electrons. The first-order chi connectivity index (χ1) is 16.8. The molecular weight excluding hydrogens is 506 g/mol. The second kappa shape index (κ2) is 12.6. The van der Waals surface area contributed by atoms with Crippen LogP contribution in [-0.2, 0) is 20.9 Å². The Kier molecular flexibility index (Phi) is 10.1. The second-order valence-corrected chi connectivity index (χ2v) is 7.48. The van der Waals surface area contributed by atoms with Gasteiger partial charge in [0.2, 0.25) is 0 Å². The number of furan rings is 1. The van der Waals surface area contributed by atoms with Crippen LogP contribution in [0.25, 0.3) is 0 Å². The Balaban J connectivity index is 0.000000271. The van der Waals surface area contributed by atoms with Crippen molar-refractivity contribution < 1.29 is 60.0 Å². The van der Waals surface area contributed by atoms with Crippen LogP contribution in [0.2, 0.25) is 0 Å². The van der Waals surface area contributed by atoms with Gasteiger partial charge in [0.15, 0.2) is 0 Å². The van der Waals surface area contributed by atoms with Crippen molar-refractivity contribution in [2.75, 3.05) is 13.2 Å². The van der Waals surface area contributed by atoms with Gasteiger partial charge in [-0.2, -0.15) is 26.3 Å². The maximum Gasteiger partial charge on any atom is 0.490 e. The molecule has 200 valence electrons. The number of hydrogen-bond acceptors (Lipinski definition) is 7. The highest BCUT2D eigenvalue weighted by atomic mass is 19.4. The summed E-state index contributed by atoms with van der Waals surface area (Å²) in [5.74, 6) is -3.68. The van der Waals surface area contributed by atoms with Crippen LogP contribution < -0.4 is 4.74 Å². The Morgan fingerprint density at radius 3 is 2.19 bits per heavy atom. The molecule has 1 saturated heterocycles. The number of halogens is 6. The summed E-state index contributed by atoms with van der Waals surface area (Å²) in [5, 5.41) is 14.2. The molecule has 0 bridgehead atoms. The summed E-state index contributed by atoms with van der Waals surface area (Å²) in [5.41, 5.74) is 0. The zero-order valence-corrected chi connectivity index (χ0v) is 18.4. The average molecular weight is 528 g/mol. The van der Waals surface area contributed by atoms with Crippen molar-refractivity contribution in [1.82, 2.24) is 9.88 Å².